The number of hydrogen-bond acceptors (Lipinski definition) is 4. The second-order valence-electron chi connectivity index (χ2n) is 7.85. The third kappa shape index (κ3) is 4.44. The van der Waals surface area contributed by atoms with Crippen molar-refractivity contribution in [2.45, 2.75) is 32.0 Å². The van der Waals surface area contributed by atoms with E-state index < -0.39 is 9.52 Å². The fraction of sp³-hybridized carbons (Fsp3) is 0.381. The maximum absolute atomic E-state index is 12.5. The van der Waals surface area contributed by atoms with Crippen molar-refractivity contribution in [3.63, 3.8) is 0 Å². The van der Waals surface area contributed by atoms with Crippen LogP contribution in [0, 0.1) is 0 Å². The number of hydrogen-bond donors (Lipinski definition) is 0. The molecule has 1 aliphatic heterocycles. The first-order chi connectivity index (χ1) is 14.2. The number of benzene rings is 1. The lowest BCUT2D eigenvalue weighted by atomic mass is 10.1. The SMILES string of the molecule is CS(C)(=O)=CC(=O)Cn1cc(-c2cnn(C3CCCCO3)c2)c2ccc(Cl)c(Cl)c21. The van der Waals surface area contributed by atoms with Gasteiger partial charge in [-0.15, -0.1) is 0 Å². The molecule has 0 spiro atoms. The minimum absolute atomic E-state index is 0.0229. The van der Waals surface area contributed by atoms with Crippen LogP contribution in [0.25, 0.3) is 22.0 Å². The average molecular weight is 468 g/mol. The first kappa shape index (κ1) is 21.4. The van der Waals surface area contributed by atoms with E-state index in [-0.39, 0.29) is 18.6 Å². The molecule has 0 radical (unpaired) electrons. The van der Waals surface area contributed by atoms with E-state index in [9.17, 15) is 9.00 Å². The molecule has 0 amide bonds. The van der Waals surface area contributed by atoms with Gasteiger partial charge in [0, 0.05) is 53.4 Å². The number of carbonyl (C=O) groups excluding carboxylic acids is 1. The Hall–Kier alpha value is -1.80. The topological polar surface area (TPSA) is 66.1 Å². The van der Waals surface area contributed by atoms with Gasteiger partial charge in [0.25, 0.3) is 0 Å². The van der Waals surface area contributed by atoms with E-state index >= 15 is 0 Å². The van der Waals surface area contributed by atoms with Crippen LogP contribution in [0.2, 0.25) is 10.0 Å². The van der Waals surface area contributed by atoms with Crippen LogP contribution in [-0.4, -0.2) is 48.8 Å². The van der Waals surface area contributed by atoms with Crippen molar-refractivity contribution in [3.05, 3.63) is 40.8 Å². The van der Waals surface area contributed by atoms with Gasteiger partial charge in [0.2, 0.25) is 0 Å². The summed E-state index contributed by atoms with van der Waals surface area (Å²) >= 11 is 12.8. The highest BCUT2D eigenvalue weighted by Gasteiger charge is 2.20. The number of fused-ring (bicyclic) bond motifs is 1. The number of ketones is 1. The molecule has 1 aliphatic rings. The van der Waals surface area contributed by atoms with Gasteiger partial charge >= 0.3 is 0 Å². The standard InChI is InChI=1S/C21H23Cl2N3O3S/c1-30(2,28)13-15(27)11-25-12-17(16-6-7-18(22)20(23)21(16)25)14-9-24-26(10-14)19-5-3-4-8-29-19/h6-7,9-10,12-13,19H,3-5,8,11H2,1-2H3. The summed E-state index contributed by atoms with van der Waals surface area (Å²) in [4.78, 5) is 12.5. The van der Waals surface area contributed by atoms with Crippen LogP contribution in [-0.2, 0) is 25.6 Å². The molecule has 0 N–H and O–H groups in total. The third-order valence-electron chi connectivity index (χ3n) is 5.04. The zero-order valence-electron chi connectivity index (χ0n) is 16.8. The minimum Gasteiger partial charge on any atom is -0.357 e. The normalized spacial score (nSPS) is 17.4. The van der Waals surface area contributed by atoms with Crippen LogP contribution >= 0.6 is 23.2 Å². The summed E-state index contributed by atoms with van der Waals surface area (Å²) < 4.78 is 21.4. The molecule has 1 atom stereocenters. The van der Waals surface area contributed by atoms with Gasteiger partial charge in [-0.3, -0.25) is 9.00 Å². The lowest BCUT2D eigenvalue weighted by molar-refractivity contribution is -0.112. The van der Waals surface area contributed by atoms with Crippen LogP contribution in [0.1, 0.15) is 25.5 Å². The third-order valence-corrected chi connectivity index (χ3v) is 6.66. The van der Waals surface area contributed by atoms with Crippen LogP contribution in [0.5, 0.6) is 0 Å². The highest BCUT2D eigenvalue weighted by Crippen LogP contribution is 2.38. The van der Waals surface area contributed by atoms with Gasteiger partial charge in [-0.1, -0.05) is 29.3 Å². The molecule has 1 saturated heterocycles. The maximum Gasteiger partial charge on any atom is 0.183 e. The second kappa shape index (κ2) is 8.38. The van der Waals surface area contributed by atoms with Gasteiger partial charge in [0.15, 0.2) is 5.78 Å². The van der Waals surface area contributed by atoms with E-state index in [1.165, 1.54) is 17.9 Å². The van der Waals surface area contributed by atoms with Gasteiger partial charge in [-0.25, -0.2) is 4.68 Å². The highest BCUT2D eigenvalue weighted by atomic mass is 35.5. The van der Waals surface area contributed by atoms with Gasteiger partial charge < -0.3 is 9.30 Å². The number of rotatable bonds is 5. The van der Waals surface area contributed by atoms with E-state index in [0.717, 1.165) is 42.4 Å². The molecule has 2 aromatic heterocycles. The minimum atomic E-state index is -2.29. The van der Waals surface area contributed by atoms with E-state index in [1.807, 2.05) is 23.1 Å². The first-order valence-electron chi connectivity index (χ1n) is 9.68. The Labute approximate surface area is 185 Å². The van der Waals surface area contributed by atoms with Crippen molar-refractivity contribution in [1.29, 1.82) is 0 Å². The Morgan fingerprint density at radius 2 is 2.10 bits per heavy atom. The smallest absolute Gasteiger partial charge is 0.183 e. The molecule has 1 aromatic carbocycles. The summed E-state index contributed by atoms with van der Waals surface area (Å²) in [6, 6.07) is 3.63. The molecular weight excluding hydrogens is 445 g/mol. The molecule has 160 valence electrons. The Kier molecular flexibility index (Phi) is 5.99. The zero-order valence-corrected chi connectivity index (χ0v) is 19.1. The van der Waals surface area contributed by atoms with Gasteiger partial charge in [-0.05, 0) is 34.9 Å². The molecule has 30 heavy (non-hydrogen) atoms. The van der Waals surface area contributed by atoms with E-state index in [4.69, 9.17) is 27.9 Å². The molecule has 3 aromatic rings. The number of carbonyl (C=O) groups is 1. The fourth-order valence-corrected chi connectivity index (χ4v) is 4.90. The van der Waals surface area contributed by atoms with E-state index in [0.29, 0.717) is 15.6 Å². The van der Waals surface area contributed by atoms with Crippen molar-refractivity contribution >= 4 is 54.8 Å². The van der Waals surface area contributed by atoms with Crippen molar-refractivity contribution in [2.75, 3.05) is 19.1 Å². The van der Waals surface area contributed by atoms with Gasteiger partial charge in [0.1, 0.15) is 6.23 Å². The fourth-order valence-electron chi connectivity index (χ4n) is 3.77. The molecule has 0 saturated carbocycles. The Balaban J connectivity index is 1.78. The first-order valence-corrected chi connectivity index (χ1v) is 12.9. The number of Topliss-reactive ketones (excluding diaryl/α,β-unsaturated/α-hetero) is 1. The van der Waals surface area contributed by atoms with Gasteiger partial charge in [-0.2, -0.15) is 5.10 Å². The van der Waals surface area contributed by atoms with Gasteiger partial charge in [0.05, 0.1) is 28.3 Å². The predicted molar refractivity (Wildman–Crippen MR) is 123 cm³/mol. The summed E-state index contributed by atoms with van der Waals surface area (Å²) in [6.07, 6.45) is 11.8. The molecule has 1 unspecified atom stereocenters. The lowest BCUT2D eigenvalue weighted by Crippen LogP contribution is -2.18. The Morgan fingerprint density at radius 3 is 2.80 bits per heavy atom. The number of aromatic nitrogens is 3. The highest BCUT2D eigenvalue weighted by molar-refractivity contribution is 8.01. The molecule has 6 nitrogen and oxygen atoms in total. The van der Waals surface area contributed by atoms with Crippen LogP contribution < -0.4 is 0 Å². The summed E-state index contributed by atoms with van der Waals surface area (Å²) in [5.41, 5.74) is 2.46. The van der Waals surface area contributed by atoms with Crippen LogP contribution in [0.3, 0.4) is 0 Å². The Morgan fingerprint density at radius 1 is 1.30 bits per heavy atom. The predicted octanol–water partition coefficient (Wildman–Crippen LogP) is 4.43. The van der Waals surface area contributed by atoms with Crippen LogP contribution in [0.4, 0.5) is 0 Å². The molecule has 9 heteroatoms. The summed E-state index contributed by atoms with van der Waals surface area (Å²) in [5, 5.41) is 7.43. The van der Waals surface area contributed by atoms with Crippen molar-refractivity contribution in [2.24, 2.45) is 0 Å². The monoisotopic (exact) mass is 467 g/mol. The van der Waals surface area contributed by atoms with E-state index in [1.54, 1.807) is 16.8 Å². The van der Waals surface area contributed by atoms with E-state index in [2.05, 4.69) is 5.10 Å². The van der Waals surface area contributed by atoms with Crippen LogP contribution in [0.15, 0.2) is 30.7 Å². The van der Waals surface area contributed by atoms with Crippen molar-refractivity contribution in [3.8, 4) is 11.1 Å². The second-order valence-corrected chi connectivity index (χ2v) is 11.5. The zero-order chi connectivity index (χ0) is 21.5. The largest absolute Gasteiger partial charge is 0.357 e. The summed E-state index contributed by atoms with van der Waals surface area (Å²) in [6.45, 7) is 0.763. The summed E-state index contributed by atoms with van der Waals surface area (Å²) in [7, 11) is -2.29. The lowest BCUT2D eigenvalue weighted by Gasteiger charge is -2.22. The number of halogens is 2. The Bertz CT molecular complexity index is 1220. The molecule has 0 aliphatic carbocycles. The van der Waals surface area contributed by atoms with Crippen molar-refractivity contribution in [1.82, 2.24) is 14.3 Å². The van der Waals surface area contributed by atoms with Crippen molar-refractivity contribution < 1.29 is 13.7 Å². The molecular formula is C21H23Cl2N3O3S. The molecule has 3 heterocycles. The molecule has 0 bridgehead atoms. The molecule has 1 fully saturated rings. The molecule has 4 rings (SSSR count). The maximum atomic E-state index is 12.5. The average Bonchev–Trinajstić information content (AvgIpc) is 3.29. The quantitative estimate of drug-likeness (QED) is 0.520. The number of nitrogens with zero attached hydrogens (tertiary/aromatic N) is 3. The number of ether oxygens (including phenoxy) is 1. The summed E-state index contributed by atoms with van der Waals surface area (Å²) in [5.74, 6) is -0.240.